The number of hydrogen-bond acceptors (Lipinski definition) is 3. The molecule has 1 aromatic heterocycles. The van der Waals surface area contributed by atoms with Crippen LogP contribution in [-0.2, 0) is 6.42 Å². The van der Waals surface area contributed by atoms with Gasteiger partial charge in [0.1, 0.15) is 5.75 Å². The fourth-order valence-electron chi connectivity index (χ4n) is 0.879. The van der Waals surface area contributed by atoms with Gasteiger partial charge in [0.2, 0.25) is 0 Å². The quantitative estimate of drug-likeness (QED) is 0.689. The third kappa shape index (κ3) is 2.20. The Bertz CT molecular complexity index is 225. The first-order chi connectivity index (χ1) is 5.36. The van der Waals surface area contributed by atoms with Crippen LogP contribution in [0.15, 0.2) is 18.5 Å². The predicted octanol–water partition coefficient (Wildman–Crippen LogP) is 0.591. The molecule has 3 heteroatoms. The zero-order chi connectivity index (χ0) is 8.10. The maximum atomic E-state index is 5.38. The largest absolute Gasteiger partial charge is 0.495 e. The molecule has 11 heavy (non-hydrogen) atoms. The van der Waals surface area contributed by atoms with Crippen molar-refractivity contribution in [1.29, 1.82) is 0 Å². The lowest BCUT2D eigenvalue weighted by molar-refractivity contribution is 0.412. The van der Waals surface area contributed by atoms with Crippen molar-refractivity contribution in [3.05, 3.63) is 24.0 Å². The molecule has 2 N–H and O–H groups in total. The molecule has 1 heterocycles. The molecule has 0 bridgehead atoms. The molecule has 0 aliphatic rings. The van der Waals surface area contributed by atoms with Gasteiger partial charge in [-0.15, -0.1) is 0 Å². The number of pyridine rings is 1. The molecule has 1 rings (SSSR count). The third-order valence-corrected chi connectivity index (χ3v) is 1.44. The van der Waals surface area contributed by atoms with Crippen molar-refractivity contribution in [3.8, 4) is 5.75 Å². The van der Waals surface area contributed by atoms with E-state index in [1.165, 1.54) is 0 Å². The van der Waals surface area contributed by atoms with Crippen LogP contribution in [0, 0.1) is 0 Å². The average Bonchev–Trinajstić information content (AvgIpc) is 2.06. The molecule has 0 atom stereocenters. The highest BCUT2D eigenvalue weighted by Gasteiger charge is 1.93. The highest BCUT2D eigenvalue weighted by molar-refractivity contribution is 5.23. The summed E-state index contributed by atoms with van der Waals surface area (Å²) in [7, 11) is 1.63. The number of nitrogens with two attached hydrogens (primary N) is 1. The van der Waals surface area contributed by atoms with Crippen molar-refractivity contribution in [2.24, 2.45) is 5.73 Å². The molecular formula is C8H12N2O. The maximum Gasteiger partial charge on any atom is 0.137 e. The molecule has 60 valence electrons. The molecule has 0 saturated heterocycles. The molecule has 3 nitrogen and oxygen atoms in total. The zero-order valence-electron chi connectivity index (χ0n) is 6.58. The standard InChI is InChI=1S/C8H12N2O/c1-11-8-4-7(2-3-9)5-10-6-8/h4-6H,2-3,9H2,1H3. The Morgan fingerprint density at radius 1 is 1.55 bits per heavy atom. The van der Waals surface area contributed by atoms with E-state index < -0.39 is 0 Å². The van der Waals surface area contributed by atoms with Gasteiger partial charge in [0, 0.05) is 6.20 Å². The number of ether oxygens (including phenoxy) is 1. The highest BCUT2D eigenvalue weighted by Crippen LogP contribution is 2.09. The molecule has 0 saturated carbocycles. The molecule has 1 aromatic rings. The van der Waals surface area contributed by atoms with Crippen LogP contribution in [0.25, 0.3) is 0 Å². The third-order valence-electron chi connectivity index (χ3n) is 1.44. The van der Waals surface area contributed by atoms with E-state index in [0.717, 1.165) is 17.7 Å². The topological polar surface area (TPSA) is 48.1 Å². The van der Waals surface area contributed by atoms with Crippen molar-refractivity contribution in [2.45, 2.75) is 6.42 Å². The summed E-state index contributed by atoms with van der Waals surface area (Å²) in [6.45, 7) is 0.648. The Hall–Kier alpha value is -1.09. The first-order valence-corrected chi connectivity index (χ1v) is 3.55. The molecule has 0 radical (unpaired) electrons. The van der Waals surface area contributed by atoms with Crippen molar-refractivity contribution in [3.63, 3.8) is 0 Å². The first-order valence-electron chi connectivity index (χ1n) is 3.55. The Morgan fingerprint density at radius 2 is 2.36 bits per heavy atom. The second-order valence-corrected chi connectivity index (χ2v) is 2.27. The van der Waals surface area contributed by atoms with Gasteiger partial charge < -0.3 is 10.5 Å². The number of methoxy groups -OCH3 is 1. The SMILES string of the molecule is COc1cncc(CCN)c1. The Labute approximate surface area is 66.2 Å². The van der Waals surface area contributed by atoms with Crippen LogP contribution in [0.5, 0.6) is 5.75 Å². The van der Waals surface area contributed by atoms with Crippen LogP contribution >= 0.6 is 0 Å². The highest BCUT2D eigenvalue weighted by atomic mass is 16.5. The van der Waals surface area contributed by atoms with Gasteiger partial charge in [-0.1, -0.05) is 0 Å². The lowest BCUT2D eigenvalue weighted by atomic mass is 10.2. The molecule has 0 spiro atoms. The minimum atomic E-state index is 0.648. The summed E-state index contributed by atoms with van der Waals surface area (Å²) >= 11 is 0. The second-order valence-electron chi connectivity index (χ2n) is 2.27. The summed E-state index contributed by atoms with van der Waals surface area (Å²) < 4.78 is 5.00. The van der Waals surface area contributed by atoms with E-state index in [4.69, 9.17) is 10.5 Å². The van der Waals surface area contributed by atoms with Gasteiger partial charge in [0.15, 0.2) is 0 Å². The van der Waals surface area contributed by atoms with Crippen molar-refractivity contribution < 1.29 is 4.74 Å². The minimum Gasteiger partial charge on any atom is -0.495 e. The molecule has 0 amide bonds. The van der Waals surface area contributed by atoms with Crippen LogP contribution in [0.4, 0.5) is 0 Å². The molecule has 0 unspecified atom stereocenters. The van der Waals surface area contributed by atoms with E-state index in [2.05, 4.69) is 4.98 Å². The molecule has 0 aromatic carbocycles. The predicted molar refractivity (Wildman–Crippen MR) is 43.5 cm³/mol. The van der Waals surface area contributed by atoms with E-state index in [0.29, 0.717) is 6.54 Å². The number of hydrogen-bond donors (Lipinski definition) is 1. The Balaban J connectivity index is 2.74. The zero-order valence-corrected chi connectivity index (χ0v) is 6.58. The van der Waals surface area contributed by atoms with Gasteiger partial charge in [-0.25, -0.2) is 0 Å². The van der Waals surface area contributed by atoms with Crippen LogP contribution < -0.4 is 10.5 Å². The van der Waals surface area contributed by atoms with E-state index in [1.54, 1.807) is 19.5 Å². The number of aromatic nitrogens is 1. The fourth-order valence-corrected chi connectivity index (χ4v) is 0.879. The van der Waals surface area contributed by atoms with Crippen LogP contribution in [-0.4, -0.2) is 18.6 Å². The van der Waals surface area contributed by atoms with E-state index in [9.17, 15) is 0 Å². The lowest BCUT2D eigenvalue weighted by Gasteiger charge is -2.00. The summed E-state index contributed by atoms with van der Waals surface area (Å²) in [5, 5.41) is 0. The van der Waals surface area contributed by atoms with Crippen molar-refractivity contribution in [2.75, 3.05) is 13.7 Å². The van der Waals surface area contributed by atoms with Gasteiger partial charge in [-0.3, -0.25) is 4.98 Å². The van der Waals surface area contributed by atoms with Crippen molar-refractivity contribution in [1.82, 2.24) is 4.98 Å². The van der Waals surface area contributed by atoms with E-state index in [1.807, 2.05) is 6.07 Å². The molecule has 0 aliphatic carbocycles. The van der Waals surface area contributed by atoms with Crippen LogP contribution in [0.2, 0.25) is 0 Å². The van der Waals surface area contributed by atoms with E-state index in [-0.39, 0.29) is 0 Å². The second kappa shape index (κ2) is 3.93. The lowest BCUT2D eigenvalue weighted by Crippen LogP contribution is -2.02. The smallest absolute Gasteiger partial charge is 0.137 e. The minimum absolute atomic E-state index is 0.648. The normalized spacial score (nSPS) is 9.64. The van der Waals surface area contributed by atoms with E-state index >= 15 is 0 Å². The van der Waals surface area contributed by atoms with Gasteiger partial charge in [0.25, 0.3) is 0 Å². The molecular weight excluding hydrogens is 140 g/mol. The summed E-state index contributed by atoms with van der Waals surface area (Å²) in [5.74, 6) is 0.788. The average molecular weight is 152 g/mol. The molecule has 0 fully saturated rings. The summed E-state index contributed by atoms with van der Waals surface area (Å²) in [5.41, 5.74) is 6.50. The molecule has 0 aliphatic heterocycles. The monoisotopic (exact) mass is 152 g/mol. The Morgan fingerprint density at radius 3 is 3.00 bits per heavy atom. The Kier molecular flexibility index (Phi) is 2.86. The summed E-state index contributed by atoms with van der Waals surface area (Å²) in [6.07, 6.45) is 4.33. The summed E-state index contributed by atoms with van der Waals surface area (Å²) in [6, 6.07) is 1.94. The van der Waals surface area contributed by atoms with Crippen molar-refractivity contribution >= 4 is 0 Å². The first kappa shape index (κ1) is 8.01. The summed E-state index contributed by atoms with van der Waals surface area (Å²) in [4.78, 5) is 3.99. The number of rotatable bonds is 3. The number of nitrogens with zero attached hydrogens (tertiary/aromatic N) is 1. The maximum absolute atomic E-state index is 5.38. The fraction of sp³-hybridized carbons (Fsp3) is 0.375. The van der Waals surface area contributed by atoms with Gasteiger partial charge in [-0.05, 0) is 24.6 Å². The van der Waals surface area contributed by atoms with Crippen LogP contribution in [0.1, 0.15) is 5.56 Å². The van der Waals surface area contributed by atoms with Crippen LogP contribution in [0.3, 0.4) is 0 Å². The van der Waals surface area contributed by atoms with Gasteiger partial charge in [0.05, 0.1) is 13.3 Å². The van der Waals surface area contributed by atoms with Gasteiger partial charge >= 0.3 is 0 Å². The van der Waals surface area contributed by atoms with Gasteiger partial charge in [-0.2, -0.15) is 0 Å².